The van der Waals surface area contributed by atoms with Crippen LogP contribution in [0.4, 0.5) is 0 Å². The van der Waals surface area contributed by atoms with Gasteiger partial charge < -0.3 is 14.7 Å². The van der Waals surface area contributed by atoms with E-state index in [4.69, 9.17) is 14.7 Å². The van der Waals surface area contributed by atoms with Gasteiger partial charge in [0.1, 0.15) is 24.7 Å². The van der Waals surface area contributed by atoms with E-state index in [-0.39, 0.29) is 5.41 Å². The minimum absolute atomic E-state index is 0.0279. The van der Waals surface area contributed by atoms with E-state index in [1.54, 1.807) is 0 Å². The van der Waals surface area contributed by atoms with E-state index in [2.05, 4.69) is 45.0 Å². The van der Waals surface area contributed by atoms with E-state index >= 15 is 0 Å². The van der Waals surface area contributed by atoms with Crippen LogP contribution in [0.5, 0.6) is 11.5 Å². The predicted molar refractivity (Wildman–Crippen MR) is 96.7 cm³/mol. The van der Waals surface area contributed by atoms with Gasteiger partial charge in [0.25, 0.3) is 0 Å². The average molecular weight is 327 g/mol. The lowest BCUT2D eigenvalue weighted by molar-refractivity contribution is 0.214. The molecule has 0 spiro atoms. The van der Waals surface area contributed by atoms with Crippen LogP contribution < -0.4 is 9.47 Å². The summed E-state index contributed by atoms with van der Waals surface area (Å²) in [6.07, 6.45) is 1.37. The number of hydrogen-bond acceptors (Lipinski definition) is 4. The molecule has 0 atom stereocenters. The van der Waals surface area contributed by atoms with E-state index in [0.717, 1.165) is 17.1 Å². The maximum Gasteiger partial charge on any atom is 0.123 e. The van der Waals surface area contributed by atoms with Gasteiger partial charge in [-0.05, 0) is 41.7 Å². The molecule has 0 fully saturated rings. The van der Waals surface area contributed by atoms with Crippen molar-refractivity contribution in [1.82, 2.24) is 0 Å². The van der Waals surface area contributed by atoms with Crippen LogP contribution in [0, 0.1) is 6.92 Å². The number of hydrogen-bond donors (Lipinski definition) is 1. The third-order valence-electron chi connectivity index (χ3n) is 3.62. The molecule has 0 amide bonds. The third-order valence-corrected chi connectivity index (χ3v) is 3.62. The van der Waals surface area contributed by atoms with Crippen molar-refractivity contribution in [2.24, 2.45) is 5.16 Å². The summed E-state index contributed by atoms with van der Waals surface area (Å²) in [5.41, 5.74) is 3.24. The molecule has 0 unspecified atom stereocenters. The molecule has 0 radical (unpaired) electrons. The maximum atomic E-state index is 8.57. The first-order valence-electron chi connectivity index (χ1n) is 8.04. The summed E-state index contributed by atoms with van der Waals surface area (Å²) >= 11 is 0. The minimum Gasteiger partial charge on any atom is -0.490 e. The zero-order chi connectivity index (χ0) is 17.6. The van der Waals surface area contributed by atoms with Gasteiger partial charge in [-0.2, -0.15) is 0 Å². The molecule has 128 valence electrons. The summed E-state index contributed by atoms with van der Waals surface area (Å²) < 4.78 is 11.6. The summed E-state index contributed by atoms with van der Waals surface area (Å²) in [5.74, 6) is 1.62. The first kappa shape index (κ1) is 17.9. The van der Waals surface area contributed by atoms with Crippen LogP contribution in [0.25, 0.3) is 0 Å². The molecule has 0 aliphatic heterocycles. The zero-order valence-corrected chi connectivity index (χ0v) is 14.7. The average Bonchev–Trinajstić information content (AvgIpc) is 2.52. The van der Waals surface area contributed by atoms with Crippen LogP contribution in [-0.4, -0.2) is 24.6 Å². The van der Waals surface area contributed by atoms with Crippen molar-refractivity contribution in [3.8, 4) is 11.5 Å². The molecule has 0 heterocycles. The number of benzene rings is 2. The van der Waals surface area contributed by atoms with E-state index < -0.39 is 0 Å². The Balaban J connectivity index is 1.94. The van der Waals surface area contributed by atoms with Gasteiger partial charge in [0, 0.05) is 0 Å². The van der Waals surface area contributed by atoms with Gasteiger partial charge in [-0.1, -0.05) is 55.8 Å². The highest BCUT2D eigenvalue weighted by Crippen LogP contribution is 2.32. The van der Waals surface area contributed by atoms with Crippen molar-refractivity contribution in [1.29, 1.82) is 0 Å². The lowest BCUT2D eigenvalue weighted by Crippen LogP contribution is -2.16. The second-order valence-electron chi connectivity index (χ2n) is 6.76. The zero-order valence-electron chi connectivity index (χ0n) is 14.7. The Bertz CT molecular complexity index is 702. The fourth-order valence-corrected chi connectivity index (χ4v) is 2.42. The number of oxime groups is 1. The number of ether oxygens (including phenoxy) is 2. The van der Waals surface area contributed by atoms with Crippen LogP contribution in [0.3, 0.4) is 0 Å². The summed E-state index contributed by atoms with van der Waals surface area (Å²) in [4.78, 5) is 0. The van der Waals surface area contributed by atoms with Gasteiger partial charge in [0.05, 0.1) is 6.21 Å². The second-order valence-corrected chi connectivity index (χ2v) is 6.76. The lowest BCUT2D eigenvalue weighted by Gasteiger charge is -2.23. The van der Waals surface area contributed by atoms with Gasteiger partial charge in [-0.3, -0.25) is 0 Å². The fraction of sp³-hybridized carbons (Fsp3) is 0.350. The number of aryl methyl sites for hydroxylation is 1. The summed E-state index contributed by atoms with van der Waals surface area (Å²) in [5, 5.41) is 11.6. The van der Waals surface area contributed by atoms with E-state index in [1.807, 2.05) is 30.3 Å². The van der Waals surface area contributed by atoms with Crippen LogP contribution in [-0.2, 0) is 5.41 Å². The minimum atomic E-state index is 0.0279. The highest BCUT2D eigenvalue weighted by atomic mass is 16.5. The Kier molecular flexibility index (Phi) is 5.85. The van der Waals surface area contributed by atoms with Crippen molar-refractivity contribution in [3.05, 3.63) is 59.2 Å². The lowest BCUT2D eigenvalue weighted by atomic mass is 9.85. The molecule has 4 nitrogen and oxygen atoms in total. The molecule has 0 aliphatic carbocycles. The molecule has 1 N–H and O–H groups in total. The molecule has 24 heavy (non-hydrogen) atoms. The van der Waals surface area contributed by atoms with E-state index in [0.29, 0.717) is 13.2 Å². The van der Waals surface area contributed by atoms with Gasteiger partial charge in [0.2, 0.25) is 0 Å². The standard InChI is InChI=1S/C20H25NO3/c1-15-8-9-19(18(12-15)20(2,3)4)24-11-10-23-17-7-5-6-16(13-17)14-21-22/h5-9,12-14,22H,10-11H2,1-4H3/b21-14+. The highest BCUT2D eigenvalue weighted by molar-refractivity contribution is 5.79. The molecule has 0 bridgehead atoms. The Morgan fingerprint density at radius 2 is 1.79 bits per heavy atom. The summed E-state index contributed by atoms with van der Waals surface area (Å²) in [6, 6.07) is 13.6. The molecule has 0 aromatic heterocycles. The Morgan fingerprint density at radius 3 is 2.50 bits per heavy atom. The third kappa shape index (κ3) is 5.01. The van der Waals surface area contributed by atoms with Gasteiger partial charge in [-0.25, -0.2) is 0 Å². The normalized spacial score (nSPS) is 11.7. The largest absolute Gasteiger partial charge is 0.490 e. The summed E-state index contributed by atoms with van der Waals surface area (Å²) in [7, 11) is 0. The van der Waals surface area contributed by atoms with Crippen molar-refractivity contribution >= 4 is 6.21 Å². The highest BCUT2D eigenvalue weighted by Gasteiger charge is 2.19. The van der Waals surface area contributed by atoms with E-state index in [9.17, 15) is 0 Å². The topological polar surface area (TPSA) is 51.0 Å². The molecular weight excluding hydrogens is 302 g/mol. The molecular formula is C20H25NO3. The number of nitrogens with zero attached hydrogens (tertiary/aromatic N) is 1. The van der Waals surface area contributed by atoms with E-state index in [1.165, 1.54) is 17.3 Å². The van der Waals surface area contributed by atoms with Crippen LogP contribution in [0.1, 0.15) is 37.5 Å². The van der Waals surface area contributed by atoms with Crippen molar-refractivity contribution in [2.75, 3.05) is 13.2 Å². The van der Waals surface area contributed by atoms with Crippen LogP contribution >= 0.6 is 0 Å². The van der Waals surface area contributed by atoms with Crippen LogP contribution in [0.15, 0.2) is 47.6 Å². The molecule has 0 aliphatic rings. The number of rotatable bonds is 6. The van der Waals surface area contributed by atoms with Gasteiger partial charge in [-0.15, -0.1) is 0 Å². The molecule has 2 rings (SSSR count). The van der Waals surface area contributed by atoms with Gasteiger partial charge in [0.15, 0.2) is 0 Å². The molecule has 0 saturated heterocycles. The predicted octanol–water partition coefficient (Wildman–Crippen LogP) is 4.56. The van der Waals surface area contributed by atoms with Crippen molar-refractivity contribution in [2.45, 2.75) is 33.1 Å². The first-order valence-corrected chi connectivity index (χ1v) is 8.04. The Labute approximate surface area is 143 Å². The molecule has 0 saturated carbocycles. The van der Waals surface area contributed by atoms with Gasteiger partial charge >= 0.3 is 0 Å². The van der Waals surface area contributed by atoms with Crippen molar-refractivity contribution in [3.63, 3.8) is 0 Å². The van der Waals surface area contributed by atoms with Crippen molar-refractivity contribution < 1.29 is 14.7 Å². The molecule has 2 aromatic rings. The Morgan fingerprint density at radius 1 is 1.04 bits per heavy atom. The monoisotopic (exact) mass is 327 g/mol. The Hall–Kier alpha value is -2.49. The molecule has 2 aromatic carbocycles. The SMILES string of the molecule is Cc1ccc(OCCOc2cccc(/C=N/O)c2)c(C(C)(C)C)c1. The summed E-state index contributed by atoms with van der Waals surface area (Å²) in [6.45, 7) is 9.53. The smallest absolute Gasteiger partial charge is 0.123 e. The fourth-order valence-electron chi connectivity index (χ4n) is 2.42. The maximum absolute atomic E-state index is 8.57. The quantitative estimate of drug-likeness (QED) is 0.366. The second kappa shape index (κ2) is 7.86. The first-order chi connectivity index (χ1) is 11.4. The molecule has 4 heteroatoms. The van der Waals surface area contributed by atoms with Crippen LogP contribution in [0.2, 0.25) is 0 Å².